The number of nitrogens with zero attached hydrogens (tertiary/aromatic N) is 2. The highest BCUT2D eigenvalue weighted by atomic mass is 32.1. The van der Waals surface area contributed by atoms with Crippen molar-refractivity contribution in [1.29, 1.82) is 0 Å². The third-order valence-electron chi connectivity index (χ3n) is 8.18. The Morgan fingerprint density at radius 3 is 2.04 bits per heavy atom. The second-order valence-corrected chi connectivity index (χ2v) is 15.1. The highest BCUT2D eigenvalue weighted by molar-refractivity contribution is 7.09. The zero-order valence-corrected chi connectivity index (χ0v) is 29.2. The highest BCUT2D eigenvalue weighted by Crippen LogP contribution is 2.42. The van der Waals surface area contributed by atoms with Crippen molar-refractivity contribution < 1.29 is 37.7 Å². The molecule has 0 bridgehead atoms. The molecule has 0 fully saturated rings. The first kappa shape index (κ1) is 38.0. The molecule has 1 atom stereocenters. The van der Waals surface area contributed by atoms with E-state index in [1.54, 1.807) is 18.4 Å². The Morgan fingerprint density at radius 2 is 1.51 bits per heavy atom. The molecule has 0 saturated carbocycles. The van der Waals surface area contributed by atoms with Gasteiger partial charge in [0.15, 0.2) is 0 Å². The van der Waals surface area contributed by atoms with E-state index in [0.717, 1.165) is 58.8 Å². The van der Waals surface area contributed by atoms with E-state index in [9.17, 15) is 23.1 Å². The predicted molar refractivity (Wildman–Crippen MR) is 178 cm³/mol. The van der Waals surface area contributed by atoms with Crippen LogP contribution in [-0.2, 0) is 52.5 Å². The van der Waals surface area contributed by atoms with Crippen molar-refractivity contribution in [2.75, 3.05) is 7.11 Å². The molecule has 4 rings (SSSR count). The number of carboxylic acids is 2. The van der Waals surface area contributed by atoms with Crippen LogP contribution in [0, 0.1) is 0 Å². The van der Waals surface area contributed by atoms with Gasteiger partial charge in [-0.15, -0.1) is 11.3 Å². The Bertz CT molecular complexity index is 1500. The lowest BCUT2D eigenvalue weighted by molar-refractivity contribution is -0.192. The van der Waals surface area contributed by atoms with E-state index >= 15 is 0 Å². The topological polar surface area (TPSA) is 110 Å². The van der Waals surface area contributed by atoms with Gasteiger partial charge in [-0.3, -0.25) is 9.78 Å². The van der Waals surface area contributed by atoms with Crippen LogP contribution in [0.1, 0.15) is 117 Å². The van der Waals surface area contributed by atoms with Crippen LogP contribution in [-0.4, -0.2) is 45.4 Å². The number of thiazole rings is 1. The minimum Gasteiger partial charge on any atom is -0.496 e. The molecule has 2 aromatic heterocycles. The number of alkyl halides is 3. The number of aliphatic carboxylic acids is 2. The number of aromatic nitrogens is 2. The molecule has 47 heavy (non-hydrogen) atoms. The summed E-state index contributed by atoms with van der Waals surface area (Å²) in [7, 11) is 1.73. The largest absolute Gasteiger partial charge is 0.496 e. The summed E-state index contributed by atoms with van der Waals surface area (Å²) < 4.78 is 37.7. The fourth-order valence-electron chi connectivity index (χ4n) is 5.74. The molecule has 2 heterocycles. The molecule has 2 N–H and O–H groups in total. The van der Waals surface area contributed by atoms with Crippen LogP contribution in [0.25, 0.3) is 0 Å². The van der Waals surface area contributed by atoms with Gasteiger partial charge in [-0.05, 0) is 85.3 Å². The lowest BCUT2D eigenvalue weighted by Crippen LogP contribution is -2.21. The van der Waals surface area contributed by atoms with Gasteiger partial charge in [0.2, 0.25) is 0 Å². The standard InChI is InChI=1S/C34H46N2O3S.C2HF3O2/c1-33(2,3)27-18-24(19-28(32(27)39-7)34(4,5)6)23(20-31(37)38)17-26-21-40-30(36-26)14-10-12-25-16-15-22-11-8-9-13-29(22)35-25;3-2(4,5)1(6)7/h15-16,18-19,21,23H,8-14,17,20H2,1-7H3,(H,37,38);(H,6,7). The number of hydrogen-bond acceptors (Lipinski definition) is 6. The number of pyridine rings is 1. The lowest BCUT2D eigenvalue weighted by Gasteiger charge is -2.31. The number of ether oxygens (including phenoxy) is 1. The number of carbonyl (C=O) groups is 2. The number of halogens is 3. The summed E-state index contributed by atoms with van der Waals surface area (Å²) in [6.07, 6.45) is 3.28. The molecular formula is C36H47F3N2O5S. The van der Waals surface area contributed by atoms with E-state index in [0.29, 0.717) is 6.42 Å². The number of carboxylic acid groups (broad SMARTS) is 2. The zero-order chi connectivity index (χ0) is 35.2. The van der Waals surface area contributed by atoms with Crippen LogP contribution in [0.3, 0.4) is 0 Å². The molecule has 0 amide bonds. The molecule has 1 unspecified atom stereocenters. The molecule has 0 radical (unpaired) electrons. The molecule has 258 valence electrons. The fourth-order valence-corrected chi connectivity index (χ4v) is 6.59. The van der Waals surface area contributed by atoms with Crippen molar-refractivity contribution in [1.82, 2.24) is 9.97 Å². The molecule has 0 spiro atoms. The van der Waals surface area contributed by atoms with E-state index < -0.39 is 18.1 Å². The van der Waals surface area contributed by atoms with Crippen LogP contribution in [0.5, 0.6) is 5.75 Å². The van der Waals surface area contributed by atoms with Crippen molar-refractivity contribution in [3.63, 3.8) is 0 Å². The molecule has 1 aromatic carbocycles. The molecule has 7 nitrogen and oxygen atoms in total. The summed E-state index contributed by atoms with van der Waals surface area (Å²) in [6, 6.07) is 8.80. The summed E-state index contributed by atoms with van der Waals surface area (Å²) >= 11 is 1.69. The summed E-state index contributed by atoms with van der Waals surface area (Å²) in [4.78, 5) is 30.7. The Kier molecular flexibility index (Phi) is 12.6. The second kappa shape index (κ2) is 15.6. The Morgan fingerprint density at radius 1 is 0.915 bits per heavy atom. The minimum absolute atomic E-state index is 0.0658. The van der Waals surface area contributed by atoms with Crippen molar-refractivity contribution in [3.8, 4) is 5.75 Å². The van der Waals surface area contributed by atoms with Crippen LogP contribution in [0.4, 0.5) is 13.2 Å². The van der Waals surface area contributed by atoms with Gasteiger partial charge in [-0.1, -0.05) is 59.7 Å². The zero-order valence-electron chi connectivity index (χ0n) is 28.4. The van der Waals surface area contributed by atoms with Crippen molar-refractivity contribution in [2.45, 2.75) is 122 Å². The fraction of sp³-hybridized carbons (Fsp3) is 0.556. The predicted octanol–water partition coefficient (Wildman–Crippen LogP) is 8.63. The first-order chi connectivity index (χ1) is 21.8. The Labute approximate surface area is 279 Å². The normalized spacial score (nSPS) is 14.1. The highest BCUT2D eigenvalue weighted by Gasteiger charge is 2.38. The molecule has 1 aliphatic carbocycles. The van der Waals surface area contributed by atoms with E-state index in [2.05, 4.69) is 71.2 Å². The molecule has 11 heteroatoms. The Balaban J connectivity index is 0.000000771. The third-order valence-corrected chi connectivity index (χ3v) is 9.14. The first-order valence-corrected chi connectivity index (χ1v) is 16.8. The quantitative estimate of drug-likeness (QED) is 0.221. The number of benzene rings is 1. The number of rotatable bonds is 10. The average Bonchev–Trinajstić information content (AvgIpc) is 3.41. The van der Waals surface area contributed by atoms with Crippen molar-refractivity contribution in [2.24, 2.45) is 0 Å². The van der Waals surface area contributed by atoms with Gasteiger partial charge >= 0.3 is 18.1 Å². The summed E-state index contributed by atoms with van der Waals surface area (Å²) in [5.74, 6) is -2.81. The van der Waals surface area contributed by atoms with E-state index in [-0.39, 0.29) is 23.2 Å². The maximum atomic E-state index is 12.0. The van der Waals surface area contributed by atoms with Gasteiger partial charge in [0.05, 0.1) is 24.2 Å². The average molecular weight is 677 g/mol. The van der Waals surface area contributed by atoms with Crippen LogP contribution in [0.15, 0.2) is 29.6 Å². The Hall–Kier alpha value is -3.47. The van der Waals surface area contributed by atoms with Gasteiger partial charge in [-0.25, -0.2) is 9.78 Å². The van der Waals surface area contributed by atoms with Crippen LogP contribution >= 0.6 is 11.3 Å². The molecule has 0 aliphatic heterocycles. The monoisotopic (exact) mass is 676 g/mol. The molecule has 3 aromatic rings. The van der Waals surface area contributed by atoms with Crippen molar-refractivity contribution >= 4 is 23.3 Å². The summed E-state index contributed by atoms with van der Waals surface area (Å²) in [5.41, 5.74) is 7.87. The van der Waals surface area contributed by atoms with Crippen molar-refractivity contribution in [3.05, 3.63) is 74.0 Å². The van der Waals surface area contributed by atoms with Gasteiger partial charge in [0.1, 0.15) is 5.75 Å². The number of methoxy groups -OCH3 is 1. The molecule has 1 aliphatic rings. The van der Waals surface area contributed by atoms with Gasteiger partial charge < -0.3 is 14.9 Å². The molecule has 0 saturated heterocycles. The summed E-state index contributed by atoms with van der Waals surface area (Å²) in [6.45, 7) is 13.1. The van der Waals surface area contributed by atoms with Gasteiger partial charge in [0.25, 0.3) is 0 Å². The number of hydrogen-bond donors (Lipinski definition) is 2. The maximum Gasteiger partial charge on any atom is 0.490 e. The van der Waals surface area contributed by atoms with Gasteiger partial charge in [-0.2, -0.15) is 13.2 Å². The first-order valence-electron chi connectivity index (χ1n) is 15.9. The lowest BCUT2D eigenvalue weighted by atomic mass is 9.76. The summed E-state index contributed by atoms with van der Waals surface area (Å²) in [5, 5.41) is 20.2. The van der Waals surface area contributed by atoms with E-state index in [4.69, 9.17) is 24.6 Å². The van der Waals surface area contributed by atoms with Crippen LogP contribution < -0.4 is 4.74 Å². The minimum atomic E-state index is -5.08. The molecular weight excluding hydrogens is 629 g/mol. The van der Waals surface area contributed by atoms with Gasteiger partial charge in [0, 0.05) is 27.9 Å². The second-order valence-electron chi connectivity index (χ2n) is 14.2. The number of aryl methyl sites for hydroxylation is 4. The SMILES string of the molecule is COc1c(C(C)(C)C)cc(C(CC(=O)O)Cc2csc(CCCc3ccc4c(n3)CCCC4)n2)cc1C(C)(C)C.O=C(O)C(F)(F)F. The van der Waals surface area contributed by atoms with E-state index in [1.165, 1.54) is 36.2 Å². The number of fused-ring (bicyclic) bond motifs is 1. The smallest absolute Gasteiger partial charge is 0.490 e. The van der Waals surface area contributed by atoms with E-state index in [1.807, 2.05) is 0 Å². The third kappa shape index (κ3) is 11.0. The van der Waals surface area contributed by atoms with Crippen LogP contribution in [0.2, 0.25) is 0 Å². The maximum absolute atomic E-state index is 12.0.